The van der Waals surface area contributed by atoms with Gasteiger partial charge in [0, 0.05) is 13.2 Å². The summed E-state index contributed by atoms with van der Waals surface area (Å²) in [6.07, 6.45) is 5.76. The van der Waals surface area contributed by atoms with Crippen LogP contribution in [-0.2, 0) is 4.74 Å². The standard InChI is InChI=1S/C4H8O.C3HBr2F2N3.C3H2BrF2N3.C3H7.BrH.Mg/c1-2-4-5-3-1;4-1-2(5)9-10(8-1)3(6)7;4-2-1-7-9(8-2)3(5)6;1-3-2;;/h1-4H2;3H;1,3H;3H,1-2H3;1H;/q;;;-1;;+2/p-1. The maximum absolute atomic E-state index is 11.8. The van der Waals surface area contributed by atoms with Crippen LogP contribution in [0.3, 0.4) is 0 Å². The van der Waals surface area contributed by atoms with E-state index in [1.807, 2.05) is 20.3 Å². The number of aromatic nitrogens is 6. The molecule has 0 amide bonds. The molecule has 0 spiro atoms. The van der Waals surface area contributed by atoms with Crippen LogP contribution in [0.1, 0.15) is 39.8 Å². The first-order valence-corrected chi connectivity index (χ1v) is 9.83. The van der Waals surface area contributed by atoms with Gasteiger partial charge in [0.25, 0.3) is 0 Å². The van der Waals surface area contributed by atoms with Crippen LogP contribution >= 0.6 is 47.8 Å². The third kappa shape index (κ3) is 16.9. The summed E-state index contributed by atoms with van der Waals surface area (Å²) in [4.78, 5) is 0.637. The van der Waals surface area contributed by atoms with Crippen LogP contribution in [0.4, 0.5) is 17.6 Å². The minimum Gasteiger partial charge on any atom is -1.00 e. The summed E-state index contributed by atoms with van der Waals surface area (Å²) in [5, 5.41) is 13.2. The molecule has 0 saturated carbocycles. The molecule has 1 fully saturated rings. The SMILES string of the molecule is C1CCOC1.C[CH-]C.FC(F)n1nc(Br)c(Br)n1.FC(F)n1ncc(Br)n1.[Br-].[Mg+2]. The van der Waals surface area contributed by atoms with E-state index in [9.17, 15) is 17.6 Å². The van der Waals surface area contributed by atoms with Crippen LogP contribution in [0.2, 0.25) is 0 Å². The van der Waals surface area contributed by atoms with Crippen molar-refractivity contribution in [1.82, 2.24) is 30.0 Å². The summed E-state index contributed by atoms with van der Waals surface area (Å²) in [6, 6.07) is 0. The third-order valence-corrected chi connectivity index (χ3v) is 4.17. The van der Waals surface area contributed by atoms with Gasteiger partial charge in [-0.05, 0) is 60.6 Å². The van der Waals surface area contributed by atoms with E-state index in [1.54, 1.807) is 0 Å². The molecule has 1 aliphatic rings. The molecule has 2 aromatic rings. The van der Waals surface area contributed by atoms with Gasteiger partial charge >= 0.3 is 36.2 Å². The maximum atomic E-state index is 11.8. The van der Waals surface area contributed by atoms with Crippen molar-refractivity contribution >= 4 is 70.8 Å². The largest absolute Gasteiger partial charge is 2.00 e. The van der Waals surface area contributed by atoms with E-state index in [2.05, 4.69) is 68.2 Å². The smallest absolute Gasteiger partial charge is 1.00 e. The van der Waals surface area contributed by atoms with Gasteiger partial charge in [0.1, 0.15) is 4.60 Å². The van der Waals surface area contributed by atoms with Crippen molar-refractivity contribution in [2.45, 2.75) is 39.8 Å². The molecule has 0 aromatic carbocycles. The van der Waals surface area contributed by atoms with Crippen molar-refractivity contribution in [3.8, 4) is 0 Å². The van der Waals surface area contributed by atoms with E-state index in [0.717, 1.165) is 13.2 Å². The van der Waals surface area contributed by atoms with Gasteiger partial charge in [0.2, 0.25) is 0 Å². The number of ether oxygens (including phenoxy) is 1. The molecule has 7 nitrogen and oxygen atoms in total. The molecule has 0 aliphatic carbocycles. The average molecular weight is 694 g/mol. The Morgan fingerprint density at radius 3 is 1.52 bits per heavy atom. The number of hydrogen-bond acceptors (Lipinski definition) is 5. The quantitative estimate of drug-likeness (QED) is 0.275. The Hall–Kier alpha value is 0.646. The molecule has 0 atom stereocenters. The summed E-state index contributed by atoms with van der Waals surface area (Å²) >= 11 is 8.69. The molecule has 29 heavy (non-hydrogen) atoms. The summed E-state index contributed by atoms with van der Waals surface area (Å²) in [5.74, 6) is 0. The van der Waals surface area contributed by atoms with Gasteiger partial charge in [-0.3, -0.25) is 0 Å². The second kappa shape index (κ2) is 20.5. The summed E-state index contributed by atoms with van der Waals surface area (Å²) < 4.78 is 52.5. The molecule has 0 radical (unpaired) electrons. The van der Waals surface area contributed by atoms with Crippen molar-refractivity contribution in [3.05, 3.63) is 26.4 Å². The van der Waals surface area contributed by atoms with E-state index >= 15 is 0 Å². The monoisotopic (exact) mass is 690 g/mol. The molecular formula is C13H18Br4F4MgN6O. The van der Waals surface area contributed by atoms with Crippen molar-refractivity contribution < 1.29 is 39.3 Å². The molecule has 0 N–H and O–H groups in total. The predicted octanol–water partition coefficient (Wildman–Crippen LogP) is 2.28. The average Bonchev–Trinajstić information content (AvgIpc) is 3.33. The van der Waals surface area contributed by atoms with Crippen molar-refractivity contribution in [2.24, 2.45) is 0 Å². The van der Waals surface area contributed by atoms with Gasteiger partial charge in [-0.25, -0.2) is 0 Å². The molecule has 2 aromatic heterocycles. The van der Waals surface area contributed by atoms with Crippen molar-refractivity contribution in [3.63, 3.8) is 0 Å². The molecule has 0 unspecified atom stereocenters. The number of hydrogen-bond donors (Lipinski definition) is 0. The molecule has 164 valence electrons. The Bertz CT molecular complexity index is 607. The number of alkyl halides is 4. The van der Waals surface area contributed by atoms with Crippen molar-refractivity contribution in [2.75, 3.05) is 13.2 Å². The fourth-order valence-electron chi connectivity index (χ4n) is 1.23. The Morgan fingerprint density at radius 2 is 1.34 bits per heavy atom. The van der Waals surface area contributed by atoms with Gasteiger partial charge in [0.05, 0.1) is 6.20 Å². The van der Waals surface area contributed by atoms with Crippen LogP contribution in [0, 0.1) is 6.42 Å². The van der Waals surface area contributed by atoms with Crippen LogP contribution in [-0.4, -0.2) is 66.3 Å². The second-order valence-corrected chi connectivity index (χ2v) is 6.86. The molecule has 3 rings (SSSR count). The van der Waals surface area contributed by atoms with Crippen LogP contribution in [0.5, 0.6) is 0 Å². The molecular weight excluding hydrogens is 676 g/mol. The molecule has 1 aliphatic heterocycles. The fraction of sp³-hybridized carbons (Fsp3) is 0.615. The zero-order valence-electron chi connectivity index (χ0n) is 15.5. The van der Waals surface area contributed by atoms with E-state index in [0.29, 0.717) is 14.2 Å². The fourth-order valence-corrected chi connectivity index (χ4v) is 1.97. The predicted molar refractivity (Wildman–Crippen MR) is 107 cm³/mol. The zero-order chi connectivity index (χ0) is 20.8. The Labute approximate surface area is 218 Å². The van der Waals surface area contributed by atoms with E-state index < -0.39 is 13.1 Å². The number of rotatable bonds is 2. The first kappa shape index (κ1) is 34.3. The van der Waals surface area contributed by atoms with E-state index in [1.165, 1.54) is 19.0 Å². The van der Waals surface area contributed by atoms with Gasteiger partial charge < -0.3 is 28.1 Å². The van der Waals surface area contributed by atoms with Crippen LogP contribution < -0.4 is 17.0 Å². The Morgan fingerprint density at radius 1 is 0.931 bits per heavy atom. The van der Waals surface area contributed by atoms with E-state index in [-0.39, 0.29) is 49.2 Å². The first-order chi connectivity index (χ1) is 12.7. The van der Waals surface area contributed by atoms with Crippen LogP contribution in [0.15, 0.2) is 20.0 Å². The van der Waals surface area contributed by atoms with E-state index in [4.69, 9.17) is 4.74 Å². The minimum absolute atomic E-state index is 0. The minimum atomic E-state index is -2.69. The first-order valence-electron chi connectivity index (χ1n) is 7.46. The summed E-state index contributed by atoms with van der Waals surface area (Å²) in [6.45, 7) is 0.652. The normalized spacial score (nSPS) is 11.8. The number of halogens is 8. The Kier molecular flexibility index (Phi) is 24.3. The molecule has 3 heterocycles. The van der Waals surface area contributed by atoms with Gasteiger partial charge in [-0.2, -0.15) is 36.5 Å². The van der Waals surface area contributed by atoms with Gasteiger partial charge in [-0.1, -0.05) is 0 Å². The van der Waals surface area contributed by atoms with Crippen LogP contribution in [0.25, 0.3) is 0 Å². The molecule has 1 saturated heterocycles. The number of nitrogens with zero attached hydrogens (tertiary/aromatic N) is 6. The third-order valence-electron chi connectivity index (χ3n) is 2.21. The topological polar surface area (TPSA) is 70.7 Å². The van der Waals surface area contributed by atoms with Gasteiger partial charge in [0.15, 0.2) is 9.21 Å². The molecule has 0 bridgehead atoms. The molecule has 16 heteroatoms. The van der Waals surface area contributed by atoms with Crippen molar-refractivity contribution in [1.29, 1.82) is 0 Å². The van der Waals surface area contributed by atoms with Gasteiger partial charge in [-0.15, -0.1) is 24.9 Å². The Balaban J connectivity index is -0.000000328. The summed E-state index contributed by atoms with van der Waals surface area (Å²) in [7, 11) is 0. The maximum Gasteiger partial charge on any atom is 2.00 e. The second-order valence-electron chi connectivity index (χ2n) is 4.54. The summed E-state index contributed by atoms with van der Waals surface area (Å²) in [5.41, 5.74) is 0. The zero-order valence-corrected chi connectivity index (χ0v) is 23.2.